The third-order valence-corrected chi connectivity index (χ3v) is 6.46. The first-order valence-corrected chi connectivity index (χ1v) is 10.9. The van der Waals surface area contributed by atoms with Gasteiger partial charge >= 0.3 is 0 Å². The van der Waals surface area contributed by atoms with Gasteiger partial charge < -0.3 is 15.1 Å². The largest absolute Gasteiger partial charge is 0.368 e. The van der Waals surface area contributed by atoms with E-state index in [2.05, 4.69) is 32.5 Å². The van der Waals surface area contributed by atoms with E-state index in [1.165, 1.54) is 28.8 Å². The molecular weight excluding hydrogens is 390 g/mol. The summed E-state index contributed by atoms with van der Waals surface area (Å²) >= 11 is 2.92. The molecule has 0 spiro atoms. The molecule has 6 nitrogen and oxygen atoms in total. The van der Waals surface area contributed by atoms with Gasteiger partial charge in [-0.3, -0.25) is 4.79 Å². The number of carbonyl (C=O) groups excluding carboxylic acids is 1. The lowest BCUT2D eigenvalue weighted by molar-refractivity contribution is -0.128. The normalized spacial score (nSPS) is 14.1. The lowest BCUT2D eigenvalue weighted by atomic mass is 10.2. The zero-order valence-electron chi connectivity index (χ0n) is 15.3. The topological polar surface area (TPSA) is 61.4 Å². The number of hydrogen-bond acceptors (Lipinski definition) is 7. The highest BCUT2D eigenvalue weighted by atomic mass is 32.2. The molecule has 1 fully saturated rings. The fraction of sp³-hybridized carbons (Fsp3) is 0.250. The van der Waals surface area contributed by atoms with Crippen LogP contribution in [0.1, 0.15) is 0 Å². The van der Waals surface area contributed by atoms with Gasteiger partial charge in [0.1, 0.15) is 0 Å². The SMILES string of the molecule is O=C(CSc1nnc(Nc2ccccc2)s1)N1CCN(c2ccccc2)CC1. The molecule has 28 heavy (non-hydrogen) atoms. The Balaban J connectivity index is 1.24. The minimum atomic E-state index is 0.158. The first-order chi connectivity index (χ1) is 13.8. The van der Waals surface area contributed by atoms with Crippen LogP contribution < -0.4 is 10.2 Å². The van der Waals surface area contributed by atoms with Crippen LogP contribution >= 0.6 is 23.1 Å². The van der Waals surface area contributed by atoms with Gasteiger partial charge in [0.05, 0.1) is 5.75 Å². The van der Waals surface area contributed by atoms with Crippen molar-refractivity contribution >= 4 is 45.5 Å². The number of nitrogens with zero attached hydrogens (tertiary/aromatic N) is 4. The molecular formula is C20H21N5OS2. The summed E-state index contributed by atoms with van der Waals surface area (Å²) in [5.41, 5.74) is 2.19. The summed E-state index contributed by atoms with van der Waals surface area (Å²) < 4.78 is 0.801. The highest BCUT2D eigenvalue weighted by molar-refractivity contribution is 8.01. The summed E-state index contributed by atoms with van der Waals surface area (Å²) in [6.45, 7) is 3.24. The molecule has 8 heteroatoms. The van der Waals surface area contributed by atoms with Crippen LogP contribution in [0.3, 0.4) is 0 Å². The lowest BCUT2D eigenvalue weighted by Gasteiger charge is -2.36. The summed E-state index contributed by atoms with van der Waals surface area (Å²) in [6, 6.07) is 20.2. The van der Waals surface area contributed by atoms with Crippen LogP contribution in [0.4, 0.5) is 16.5 Å². The van der Waals surface area contributed by atoms with E-state index in [0.29, 0.717) is 5.75 Å². The van der Waals surface area contributed by atoms with E-state index < -0.39 is 0 Å². The Morgan fingerprint density at radius 3 is 2.36 bits per heavy atom. The molecule has 0 radical (unpaired) electrons. The van der Waals surface area contributed by atoms with Gasteiger partial charge in [-0.1, -0.05) is 59.5 Å². The number of benzene rings is 2. The number of carbonyl (C=O) groups is 1. The Morgan fingerprint density at radius 1 is 0.964 bits per heavy atom. The number of anilines is 3. The van der Waals surface area contributed by atoms with E-state index in [1.54, 1.807) is 0 Å². The van der Waals surface area contributed by atoms with E-state index in [9.17, 15) is 4.79 Å². The Labute approximate surface area is 172 Å². The van der Waals surface area contributed by atoms with Crippen molar-refractivity contribution in [2.75, 3.05) is 42.1 Å². The van der Waals surface area contributed by atoms with E-state index in [0.717, 1.165) is 41.3 Å². The molecule has 1 N–H and O–H groups in total. The Hall–Kier alpha value is -2.58. The second-order valence-electron chi connectivity index (χ2n) is 6.36. The summed E-state index contributed by atoms with van der Waals surface area (Å²) in [5.74, 6) is 0.552. The highest BCUT2D eigenvalue weighted by Crippen LogP contribution is 2.28. The molecule has 0 saturated carbocycles. The first kappa shape index (κ1) is 18.8. The molecule has 3 aromatic rings. The van der Waals surface area contributed by atoms with Gasteiger partial charge in [0, 0.05) is 37.6 Å². The van der Waals surface area contributed by atoms with Crippen molar-refractivity contribution in [3.63, 3.8) is 0 Å². The van der Waals surface area contributed by atoms with E-state index >= 15 is 0 Å². The number of piperazine rings is 1. The molecule has 0 atom stereocenters. The lowest BCUT2D eigenvalue weighted by Crippen LogP contribution is -2.49. The van der Waals surface area contributed by atoms with Crippen LogP contribution in [0.25, 0.3) is 0 Å². The molecule has 1 amide bonds. The standard InChI is InChI=1S/C20H21N5OS2/c26-18(25-13-11-24(12-14-25)17-9-5-2-6-10-17)15-27-20-23-22-19(28-20)21-16-7-3-1-4-8-16/h1-10H,11-15H2,(H,21,22). The minimum absolute atomic E-state index is 0.158. The van der Waals surface area contributed by atoms with Crippen molar-refractivity contribution in [1.82, 2.24) is 15.1 Å². The molecule has 2 aromatic carbocycles. The minimum Gasteiger partial charge on any atom is -0.368 e. The summed E-state index contributed by atoms with van der Waals surface area (Å²) in [7, 11) is 0. The second-order valence-corrected chi connectivity index (χ2v) is 8.56. The van der Waals surface area contributed by atoms with Gasteiger partial charge in [-0.15, -0.1) is 10.2 Å². The zero-order chi connectivity index (χ0) is 19.2. The Bertz CT molecular complexity index is 895. The predicted molar refractivity (Wildman–Crippen MR) is 116 cm³/mol. The van der Waals surface area contributed by atoms with Crippen molar-refractivity contribution in [2.24, 2.45) is 0 Å². The maximum atomic E-state index is 12.5. The van der Waals surface area contributed by atoms with Crippen molar-refractivity contribution in [2.45, 2.75) is 4.34 Å². The number of aromatic nitrogens is 2. The van der Waals surface area contributed by atoms with Gasteiger partial charge in [0.25, 0.3) is 0 Å². The van der Waals surface area contributed by atoms with Crippen molar-refractivity contribution in [3.05, 3.63) is 60.7 Å². The van der Waals surface area contributed by atoms with Crippen molar-refractivity contribution in [3.8, 4) is 0 Å². The fourth-order valence-corrected chi connectivity index (χ4v) is 4.71. The number of para-hydroxylation sites is 2. The Kier molecular flexibility index (Phi) is 6.08. The van der Waals surface area contributed by atoms with Gasteiger partial charge in [0.2, 0.25) is 11.0 Å². The number of thioether (sulfide) groups is 1. The van der Waals surface area contributed by atoms with E-state index in [1.807, 2.05) is 53.4 Å². The van der Waals surface area contributed by atoms with E-state index in [-0.39, 0.29) is 5.91 Å². The van der Waals surface area contributed by atoms with Crippen LogP contribution in [-0.2, 0) is 4.79 Å². The molecule has 2 heterocycles. The Morgan fingerprint density at radius 2 is 1.64 bits per heavy atom. The predicted octanol–water partition coefficient (Wildman–Crippen LogP) is 3.72. The third kappa shape index (κ3) is 4.82. The third-order valence-electron chi connectivity index (χ3n) is 4.50. The highest BCUT2D eigenvalue weighted by Gasteiger charge is 2.21. The van der Waals surface area contributed by atoms with Crippen LogP contribution in [0.2, 0.25) is 0 Å². The average molecular weight is 412 g/mol. The van der Waals surface area contributed by atoms with Crippen molar-refractivity contribution in [1.29, 1.82) is 0 Å². The van der Waals surface area contributed by atoms with Gasteiger partial charge in [-0.2, -0.15) is 0 Å². The van der Waals surface area contributed by atoms with Crippen LogP contribution in [0.15, 0.2) is 65.0 Å². The molecule has 4 rings (SSSR count). The van der Waals surface area contributed by atoms with Crippen molar-refractivity contribution < 1.29 is 4.79 Å². The van der Waals surface area contributed by atoms with Gasteiger partial charge in [0.15, 0.2) is 4.34 Å². The number of hydrogen-bond donors (Lipinski definition) is 1. The fourth-order valence-electron chi connectivity index (χ4n) is 3.03. The average Bonchev–Trinajstić information content (AvgIpc) is 3.21. The van der Waals surface area contributed by atoms with Crippen LogP contribution in [0, 0.1) is 0 Å². The monoisotopic (exact) mass is 411 g/mol. The maximum Gasteiger partial charge on any atom is 0.233 e. The molecule has 0 aliphatic carbocycles. The molecule has 1 aliphatic rings. The van der Waals surface area contributed by atoms with Gasteiger partial charge in [-0.05, 0) is 24.3 Å². The molecule has 0 unspecified atom stereocenters. The smallest absolute Gasteiger partial charge is 0.233 e. The maximum absolute atomic E-state index is 12.5. The molecule has 0 bridgehead atoms. The first-order valence-electron chi connectivity index (χ1n) is 9.14. The molecule has 1 aliphatic heterocycles. The molecule has 1 aromatic heterocycles. The number of amides is 1. The molecule has 1 saturated heterocycles. The molecule has 144 valence electrons. The second kappa shape index (κ2) is 9.07. The van der Waals surface area contributed by atoms with Crippen LogP contribution in [0.5, 0.6) is 0 Å². The van der Waals surface area contributed by atoms with E-state index in [4.69, 9.17) is 0 Å². The van der Waals surface area contributed by atoms with Crippen LogP contribution in [-0.4, -0.2) is 52.9 Å². The zero-order valence-corrected chi connectivity index (χ0v) is 17.0. The summed E-state index contributed by atoms with van der Waals surface area (Å²) in [5, 5.41) is 12.3. The van der Waals surface area contributed by atoms with Gasteiger partial charge in [-0.25, -0.2) is 0 Å². The summed E-state index contributed by atoms with van der Waals surface area (Å²) in [4.78, 5) is 16.8. The summed E-state index contributed by atoms with van der Waals surface area (Å²) in [6.07, 6.45) is 0. The quantitative estimate of drug-likeness (QED) is 0.624. The number of nitrogens with one attached hydrogen (secondary N) is 1. The number of rotatable bonds is 6.